The van der Waals surface area contributed by atoms with Crippen LogP contribution in [0.5, 0.6) is 0 Å². The van der Waals surface area contributed by atoms with Gasteiger partial charge in [0.05, 0.1) is 11.0 Å². The molecule has 0 bridgehead atoms. The van der Waals surface area contributed by atoms with Crippen molar-refractivity contribution < 1.29 is 4.79 Å². The van der Waals surface area contributed by atoms with Crippen molar-refractivity contribution in [3.63, 3.8) is 0 Å². The molecule has 1 heterocycles. The third-order valence-corrected chi connectivity index (χ3v) is 5.07. The highest BCUT2D eigenvalue weighted by molar-refractivity contribution is 6.35. The lowest BCUT2D eigenvalue weighted by atomic mass is 10.1. The molecule has 4 nitrogen and oxygen atoms in total. The summed E-state index contributed by atoms with van der Waals surface area (Å²) in [7, 11) is 0. The van der Waals surface area contributed by atoms with E-state index in [9.17, 15) is 4.79 Å². The van der Waals surface area contributed by atoms with Gasteiger partial charge in [-0.15, -0.1) is 0 Å². The molecule has 1 amide bonds. The molecule has 0 radical (unpaired) electrons. The minimum atomic E-state index is -0.271. The Kier molecular flexibility index (Phi) is 4.84. The molecule has 0 aliphatic rings. The standard InChI is InChI=1S/C22H17Cl2N3O/c1-12-7-19-20(8-13(12)2)27-21(26-19)14-3-5-18(6-4-14)25-22(28)15-9-16(23)11-17(24)10-15/h3-11H,1-2H3,(H,25,28)(H,26,27). The van der Waals surface area contributed by atoms with Crippen LogP contribution in [-0.4, -0.2) is 15.9 Å². The highest BCUT2D eigenvalue weighted by atomic mass is 35.5. The highest BCUT2D eigenvalue weighted by Gasteiger charge is 2.10. The smallest absolute Gasteiger partial charge is 0.255 e. The number of carbonyl (C=O) groups excluding carboxylic acids is 1. The first-order chi connectivity index (χ1) is 13.4. The fraction of sp³-hybridized carbons (Fsp3) is 0.0909. The Bertz CT molecular complexity index is 1140. The average Bonchev–Trinajstić information content (AvgIpc) is 3.04. The number of benzene rings is 3. The third-order valence-electron chi connectivity index (χ3n) is 4.64. The van der Waals surface area contributed by atoms with Crippen LogP contribution >= 0.6 is 23.2 Å². The maximum atomic E-state index is 12.4. The molecule has 3 aromatic carbocycles. The Hall–Kier alpha value is -2.82. The normalized spacial score (nSPS) is 11.0. The van der Waals surface area contributed by atoms with E-state index in [1.165, 1.54) is 11.1 Å². The molecule has 6 heteroatoms. The average molecular weight is 410 g/mol. The zero-order valence-corrected chi connectivity index (χ0v) is 16.8. The van der Waals surface area contributed by atoms with Gasteiger partial charge in [0.2, 0.25) is 0 Å². The predicted octanol–water partition coefficient (Wildman–Crippen LogP) is 6.41. The molecule has 0 unspecified atom stereocenters. The van der Waals surface area contributed by atoms with Crippen LogP contribution in [0.15, 0.2) is 54.6 Å². The number of hydrogen-bond donors (Lipinski definition) is 2. The molecule has 0 fully saturated rings. The number of nitrogens with zero attached hydrogens (tertiary/aromatic N) is 1. The number of carbonyl (C=O) groups is 1. The van der Waals surface area contributed by atoms with Gasteiger partial charge in [-0.2, -0.15) is 0 Å². The summed E-state index contributed by atoms with van der Waals surface area (Å²) in [5, 5.41) is 3.69. The summed E-state index contributed by atoms with van der Waals surface area (Å²) in [6.07, 6.45) is 0. The largest absolute Gasteiger partial charge is 0.338 e. The molecule has 1 aromatic heterocycles. The molecule has 4 aromatic rings. The molecule has 140 valence electrons. The van der Waals surface area contributed by atoms with Crippen LogP contribution in [-0.2, 0) is 0 Å². The number of fused-ring (bicyclic) bond motifs is 1. The van der Waals surface area contributed by atoms with Gasteiger partial charge in [0.25, 0.3) is 5.91 Å². The van der Waals surface area contributed by atoms with Crippen LogP contribution in [0.1, 0.15) is 21.5 Å². The molecule has 2 N–H and O–H groups in total. The number of aromatic nitrogens is 2. The van der Waals surface area contributed by atoms with Crippen LogP contribution in [0.3, 0.4) is 0 Å². The van der Waals surface area contributed by atoms with Crippen LogP contribution < -0.4 is 5.32 Å². The fourth-order valence-corrected chi connectivity index (χ4v) is 3.53. The quantitative estimate of drug-likeness (QED) is 0.410. The summed E-state index contributed by atoms with van der Waals surface area (Å²) in [5.41, 5.74) is 6.40. The number of aromatic amines is 1. The number of anilines is 1. The lowest BCUT2D eigenvalue weighted by Crippen LogP contribution is -2.11. The number of amides is 1. The molecule has 28 heavy (non-hydrogen) atoms. The fourth-order valence-electron chi connectivity index (χ4n) is 3.01. The molecular formula is C22H17Cl2N3O. The number of aryl methyl sites for hydroxylation is 2. The molecule has 0 atom stereocenters. The summed E-state index contributed by atoms with van der Waals surface area (Å²) in [5.74, 6) is 0.520. The van der Waals surface area contributed by atoms with Gasteiger partial charge in [-0.05, 0) is 79.6 Å². The van der Waals surface area contributed by atoms with Crippen molar-refractivity contribution in [2.75, 3.05) is 5.32 Å². The Morgan fingerprint density at radius 3 is 2.25 bits per heavy atom. The Morgan fingerprint density at radius 1 is 0.929 bits per heavy atom. The molecule has 0 saturated heterocycles. The highest BCUT2D eigenvalue weighted by Crippen LogP contribution is 2.25. The molecule has 0 saturated carbocycles. The van der Waals surface area contributed by atoms with E-state index in [2.05, 4.69) is 41.3 Å². The molecule has 4 rings (SSSR count). The second kappa shape index (κ2) is 7.30. The topological polar surface area (TPSA) is 57.8 Å². The van der Waals surface area contributed by atoms with E-state index >= 15 is 0 Å². The van der Waals surface area contributed by atoms with Gasteiger partial charge in [-0.25, -0.2) is 4.98 Å². The summed E-state index contributed by atoms with van der Waals surface area (Å²) in [6, 6.07) is 16.4. The van der Waals surface area contributed by atoms with Gasteiger partial charge in [-0.3, -0.25) is 4.79 Å². The summed E-state index contributed by atoms with van der Waals surface area (Å²) in [4.78, 5) is 20.4. The Labute approximate surface area is 172 Å². The van der Waals surface area contributed by atoms with Crippen LogP contribution in [0.4, 0.5) is 5.69 Å². The van der Waals surface area contributed by atoms with E-state index in [0.29, 0.717) is 21.3 Å². The van der Waals surface area contributed by atoms with Crippen molar-refractivity contribution in [2.24, 2.45) is 0 Å². The van der Waals surface area contributed by atoms with E-state index < -0.39 is 0 Å². The summed E-state index contributed by atoms with van der Waals surface area (Å²) < 4.78 is 0. The molecular weight excluding hydrogens is 393 g/mol. The third kappa shape index (κ3) is 3.75. The van der Waals surface area contributed by atoms with Crippen LogP contribution in [0.25, 0.3) is 22.4 Å². The first kappa shape index (κ1) is 18.5. The summed E-state index contributed by atoms with van der Waals surface area (Å²) >= 11 is 11.9. The second-order valence-electron chi connectivity index (χ2n) is 6.73. The van der Waals surface area contributed by atoms with Gasteiger partial charge in [0.15, 0.2) is 0 Å². The van der Waals surface area contributed by atoms with Crippen molar-refractivity contribution in [3.8, 4) is 11.4 Å². The molecule has 0 aliphatic carbocycles. The number of H-pyrrole nitrogens is 1. The van der Waals surface area contributed by atoms with Gasteiger partial charge >= 0.3 is 0 Å². The second-order valence-corrected chi connectivity index (χ2v) is 7.60. The van der Waals surface area contributed by atoms with Crippen LogP contribution in [0.2, 0.25) is 10.0 Å². The minimum Gasteiger partial charge on any atom is -0.338 e. The van der Waals surface area contributed by atoms with E-state index in [1.54, 1.807) is 18.2 Å². The monoisotopic (exact) mass is 409 g/mol. The van der Waals surface area contributed by atoms with Gasteiger partial charge in [0, 0.05) is 26.9 Å². The molecule has 0 spiro atoms. The van der Waals surface area contributed by atoms with Gasteiger partial charge < -0.3 is 10.3 Å². The maximum absolute atomic E-state index is 12.4. The van der Waals surface area contributed by atoms with E-state index in [0.717, 1.165) is 22.4 Å². The van der Waals surface area contributed by atoms with Crippen molar-refractivity contribution in [2.45, 2.75) is 13.8 Å². The lowest BCUT2D eigenvalue weighted by Gasteiger charge is -2.07. The maximum Gasteiger partial charge on any atom is 0.255 e. The van der Waals surface area contributed by atoms with Crippen molar-refractivity contribution in [1.29, 1.82) is 0 Å². The van der Waals surface area contributed by atoms with Crippen molar-refractivity contribution >= 4 is 45.8 Å². The minimum absolute atomic E-state index is 0.271. The van der Waals surface area contributed by atoms with Crippen molar-refractivity contribution in [3.05, 3.63) is 81.3 Å². The van der Waals surface area contributed by atoms with Crippen LogP contribution in [0, 0.1) is 13.8 Å². The Morgan fingerprint density at radius 2 is 1.57 bits per heavy atom. The number of hydrogen-bond acceptors (Lipinski definition) is 2. The molecule has 0 aliphatic heterocycles. The van der Waals surface area contributed by atoms with E-state index in [1.807, 2.05) is 24.3 Å². The SMILES string of the molecule is Cc1cc2nc(-c3ccc(NC(=O)c4cc(Cl)cc(Cl)c4)cc3)[nH]c2cc1C. The van der Waals surface area contributed by atoms with E-state index in [-0.39, 0.29) is 5.91 Å². The van der Waals surface area contributed by atoms with Crippen molar-refractivity contribution in [1.82, 2.24) is 9.97 Å². The Balaban J connectivity index is 1.56. The van der Waals surface area contributed by atoms with Gasteiger partial charge in [0.1, 0.15) is 5.82 Å². The van der Waals surface area contributed by atoms with E-state index in [4.69, 9.17) is 23.2 Å². The van der Waals surface area contributed by atoms with Gasteiger partial charge in [-0.1, -0.05) is 23.2 Å². The predicted molar refractivity (Wildman–Crippen MR) is 115 cm³/mol. The number of rotatable bonds is 3. The number of nitrogens with one attached hydrogen (secondary N) is 2. The number of halogens is 2. The first-order valence-corrected chi connectivity index (χ1v) is 9.49. The lowest BCUT2D eigenvalue weighted by molar-refractivity contribution is 0.102. The zero-order chi connectivity index (χ0) is 19.8. The summed E-state index contributed by atoms with van der Waals surface area (Å²) in [6.45, 7) is 4.16. The first-order valence-electron chi connectivity index (χ1n) is 8.74. The zero-order valence-electron chi connectivity index (χ0n) is 15.3. The number of imidazole rings is 1.